The molecule has 15 aromatic rings. The Morgan fingerprint density at radius 2 is 0.733 bits per heavy atom. The third-order valence-electron chi connectivity index (χ3n) is 14.8. The minimum Gasteiger partial charge on any atom is -0.455 e. The fourth-order valence-corrected chi connectivity index (χ4v) is 11.4. The molecule has 0 aliphatic rings. The van der Waals surface area contributed by atoms with Gasteiger partial charge in [0.15, 0.2) is 17.5 Å². The van der Waals surface area contributed by atoms with E-state index < -0.39 is 0 Å². The molecule has 0 saturated heterocycles. The van der Waals surface area contributed by atoms with Crippen molar-refractivity contribution in [3.63, 3.8) is 0 Å². The van der Waals surface area contributed by atoms with Crippen LogP contribution in [0.25, 0.3) is 144 Å². The molecule has 6 nitrogen and oxygen atoms in total. The Morgan fingerprint density at radius 1 is 0.280 bits per heavy atom. The van der Waals surface area contributed by atoms with Crippen molar-refractivity contribution in [2.45, 2.75) is 0 Å². The lowest BCUT2D eigenvalue weighted by Gasteiger charge is -2.17. The number of fused-ring (bicyclic) bond motifs is 9. The van der Waals surface area contributed by atoms with E-state index >= 15 is 0 Å². The van der Waals surface area contributed by atoms with Crippen molar-refractivity contribution in [3.05, 3.63) is 261 Å². The number of aromatic nitrogens is 5. The fraction of sp³-hybridized carbons (Fsp3) is 0. The van der Waals surface area contributed by atoms with E-state index in [1.165, 1.54) is 27.2 Å². The van der Waals surface area contributed by atoms with Crippen LogP contribution in [0.3, 0.4) is 0 Å². The van der Waals surface area contributed by atoms with Crippen molar-refractivity contribution >= 4 is 65.6 Å². The maximum absolute atomic E-state index is 6.65. The number of furan rings is 1. The van der Waals surface area contributed by atoms with Crippen LogP contribution in [0.15, 0.2) is 265 Å². The zero-order valence-electron chi connectivity index (χ0n) is 40.5. The maximum atomic E-state index is 6.65. The van der Waals surface area contributed by atoms with E-state index in [0.29, 0.717) is 17.5 Å². The van der Waals surface area contributed by atoms with E-state index in [-0.39, 0.29) is 0 Å². The highest BCUT2D eigenvalue weighted by Crippen LogP contribution is 2.46. The Morgan fingerprint density at radius 3 is 1.41 bits per heavy atom. The molecule has 350 valence electrons. The molecule has 11 aromatic carbocycles. The molecule has 0 atom stereocenters. The fourth-order valence-electron chi connectivity index (χ4n) is 11.4. The molecule has 0 saturated carbocycles. The van der Waals surface area contributed by atoms with Gasteiger partial charge in [-0.25, -0.2) is 15.0 Å². The summed E-state index contributed by atoms with van der Waals surface area (Å²) in [4.78, 5) is 16.2. The van der Waals surface area contributed by atoms with Gasteiger partial charge in [-0.05, 0) is 94.0 Å². The van der Waals surface area contributed by atoms with Gasteiger partial charge in [0.05, 0.1) is 33.3 Å². The predicted octanol–water partition coefficient (Wildman–Crippen LogP) is 18.0. The van der Waals surface area contributed by atoms with Gasteiger partial charge in [-0.3, -0.25) is 0 Å². The van der Waals surface area contributed by atoms with E-state index in [4.69, 9.17) is 19.4 Å². The average molecular weight is 958 g/mol. The van der Waals surface area contributed by atoms with Crippen molar-refractivity contribution in [2.24, 2.45) is 0 Å². The van der Waals surface area contributed by atoms with Crippen molar-refractivity contribution in [2.75, 3.05) is 0 Å². The summed E-state index contributed by atoms with van der Waals surface area (Å²) in [5.74, 6) is 1.63. The minimum absolute atomic E-state index is 0.525. The van der Waals surface area contributed by atoms with Crippen LogP contribution in [0.2, 0.25) is 0 Å². The molecular weight excluding hydrogens is 915 g/mol. The SMILES string of the molecule is c1ccc(-c2ccc(-c3nc(-c4ccc(-c5ccccc5)cc4-n4c5ccccc5c5c(-c6cccc7c6c6ccccc6n7-c6ccccc6)cccc54)nc(-c4cccc5c4oc4ccccc45)n3)cc2)cc1. The Kier molecular flexibility index (Phi) is 9.78. The van der Waals surface area contributed by atoms with E-state index in [2.05, 4.69) is 246 Å². The molecule has 0 aliphatic carbocycles. The van der Waals surface area contributed by atoms with Crippen LogP contribution in [-0.4, -0.2) is 24.1 Å². The topological polar surface area (TPSA) is 61.7 Å². The smallest absolute Gasteiger partial charge is 0.167 e. The van der Waals surface area contributed by atoms with Crippen molar-refractivity contribution in [3.8, 4) is 78.9 Å². The highest BCUT2D eigenvalue weighted by Gasteiger charge is 2.25. The zero-order valence-corrected chi connectivity index (χ0v) is 40.5. The summed E-state index contributed by atoms with van der Waals surface area (Å²) in [7, 11) is 0. The van der Waals surface area contributed by atoms with Crippen molar-refractivity contribution in [1.29, 1.82) is 0 Å². The first kappa shape index (κ1) is 42.5. The normalized spacial score (nSPS) is 11.7. The van der Waals surface area contributed by atoms with Crippen LogP contribution >= 0.6 is 0 Å². The summed E-state index contributed by atoms with van der Waals surface area (Å²) in [5, 5.41) is 6.79. The van der Waals surface area contributed by atoms with Crippen LogP contribution in [0, 0.1) is 0 Å². The van der Waals surface area contributed by atoms with E-state index in [1.807, 2.05) is 24.3 Å². The van der Waals surface area contributed by atoms with Gasteiger partial charge in [-0.15, -0.1) is 0 Å². The molecule has 0 bridgehead atoms. The van der Waals surface area contributed by atoms with Gasteiger partial charge in [0.1, 0.15) is 11.2 Å². The summed E-state index contributed by atoms with van der Waals surface area (Å²) in [6.45, 7) is 0. The number of nitrogens with zero attached hydrogens (tertiary/aromatic N) is 5. The van der Waals surface area contributed by atoms with Gasteiger partial charge in [0.2, 0.25) is 0 Å². The molecule has 0 N–H and O–H groups in total. The zero-order chi connectivity index (χ0) is 49.4. The predicted molar refractivity (Wildman–Crippen MR) is 308 cm³/mol. The molecule has 4 heterocycles. The Balaban J connectivity index is 0.997. The number of hydrogen-bond donors (Lipinski definition) is 0. The second kappa shape index (κ2) is 17.3. The molecule has 0 unspecified atom stereocenters. The Hall–Kier alpha value is -10.2. The number of hydrogen-bond acceptors (Lipinski definition) is 4. The summed E-state index contributed by atoms with van der Waals surface area (Å²) in [6.07, 6.45) is 0. The number of para-hydroxylation sites is 5. The summed E-state index contributed by atoms with van der Waals surface area (Å²) in [6, 6.07) is 92.3. The lowest BCUT2D eigenvalue weighted by molar-refractivity contribution is 0.669. The largest absolute Gasteiger partial charge is 0.455 e. The maximum Gasteiger partial charge on any atom is 0.167 e. The van der Waals surface area contributed by atoms with Crippen LogP contribution in [0.1, 0.15) is 0 Å². The lowest BCUT2D eigenvalue weighted by atomic mass is 9.95. The lowest BCUT2D eigenvalue weighted by Crippen LogP contribution is -2.04. The molecule has 0 fully saturated rings. The third kappa shape index (κ3) is 6.92. The first-order valence-corrected chi connectivity index (χ1v) is 25.3. The van der Waals surface area contributed by atoms with Crippen LogP contribution in [-0.2, 0) is 0 Å². The summed E-state index contributed by atoms with van der Waals surface area (Å²) >= 11 is 0. The van der Waals surface area contributed by atoms with Crippen molar-refractivity contribution < 1.29 is 4.42 Å². The molecule has 4 aromatic heterocycles. The molecule has 0 radical (unpaired) electrons. The molecule has 0 aliphatic heterocycles. The first-order chi connectivity index (χ1) is 37.2. The van der Waals surface area contributed by atoms with Gasteiger partial charge in [0, 0.05) is 49.1 Å². The Bertz CT molecular complexity index is 4690. The molecule has 15 rings (SSSR count). The second-order valence-corrected chi connectivity index (χ2v) is 19.1. The van der Waals surface area contributed by atoms with Crippen LogP contribution in [0.4, 0.5) is 0 Å². The van der Waals surface area contributed by atoms with E-state index in [1.54, 1.807) is 0 Å². The van der Waals surface area contributed by atoms with Gasteiger partial charge in [-0.1, -0.05) is 200 Å². The average Bonchev–Trinajstić information content (AvgIpc) is 4.18. The summed E-state index contributed by atoms with van der Waals surface area (Å²) in [5.41, 5.74) is 17.4. The van der Waals surface area contributed by atoms with E-state index in [0.717, 1.165) is 99.8 Å². The molecule has 0 amide bonds. The molecule has 0 spiro atoms. The second-order valence-electron chi connectivity index (χ2n) is 19.1. The van der Waals surface area contributed by atoms with Crippen LogP contribution < -0.4 is 0 Å². The number of rotatable bonds is 8. The van der Waals surface area contributed by atoms with Crippen molar-refractivity contribution in [1.82, 2.24) is 24.1 Å². The van der Waals surface area contributed by atoms with Gasteiger partial charge >= 0.3 is 0 Å². The third-order valence-corrected chi connectivity index (χ3v) is 14.8. The standard InChI is InChI=1S/C69H43N5O/c1-4-19-44(20-5-1)46-37-39-47(40-38-46)67-70-68(72-69(71-67)57-31-16-30-53-50-25-12-15-36-63(50)75-66(53)57)56-42-41-48(45-21-6-2-7-22-45)43-62(56)74-59-33-14-11-27-55(59)65-52(29-18-35-61(65)74)51-28-17-34-60-64(51)54-26-10-13-32-58(54)73(60)49-23-8-3-9-24-49/h1-43H. The molecular formula is C69H43N5O. The molecule has 75 heavy (non-hydrogen) atoms. The molecule has 6 heteroatoms. The minimum atomic E-state index is 0.525. The van der Waals surface area contributed by atoms with E-state index in [9.17, 15) is 0 Å². The monoisotopic (exact) mass is 957 g/mol. The summed E-state index contributed by atoms with van der Waals surface area (Å²) < 4.78 is 11.5. The Labute approximate surface area is 431 Å². The highest BCUT2D eigenvalue weighted by molar-refractivity contribution is 6.22. The number of benzene rings is 11. The van der Waals surface area contributed by atoms with Gasteiger partial charge < -0.3 is 13.6 Å². The quantitative estimate of drug-likeness (QED) is 0.152. The van der Waals surface area contributed by atoms with Gasteiger partial charge in [-0.2, -0.15) is 0 Å². The highest BCUT2D eigenvalue weighted by atomic mass is 16.3. The first-order valence-electron chi connectivity index (χ1n) is 25.3. The van der Waals surface area contributed by atoms with Gasteiger partial charge in [0.25, 0.3) is 0 Å². The van der Waals surface area contributed by atoms with Crippen LogP contribution in [0.5, 0.6) is 0 Å².